The van der Waals surface area contributed by atoms with Crippen molar-refractivity contribution in [3.05, 3.63) is 58.1 Å². The van der Waals surface area contributed by atoms with E-state index in [2.05, 4.69) is 21.2 Å². The van der Waals surface area contributed by atoms with Gasteiger partial charge in [-0.2, -0.15) is 0 Å². The van der Waals surface area contributed by atoms with Crippen molar-refractivity contribution in [2.75, 3.05) is 12.4 Å². The van der Waals surface area contributed by atoms with E-state index in [4.69, 9.17) is 4.74 Å². The van der Waals surface area contributed by atoms with E-state index in [1.54, 1.807) is 43.5 Å². The summed E-state index contributed by atoms with van der Waals surface area (Å²) in [6.45, 7) is -0.129. The molecule has 0 aliphatic rings. The number of para-hydroxylation sites is 1. The highest BCUT2D eigenvalue weighted by Gasteiger charge is 2.13. The van der Waals surface area contributed by atoms with Gasteiger partial charge in [-0.25, -0.2) is 0 Å². The Hall–Kier alpha value is -1.85. The molecule has 0 bridgehead atoms. The molecule has 0 unspecified atom stereocenters. The zero-order chi connectivity index (χ0) is 14.5. The highest BCUT2D eigenvalue weighted by atomic mass is 79.9. The molecule has 1 amide bonds. The van der Waals surface area contributed by atoms with Gasteiger partial charge in [0.15, 0.2) is 0 Å². The van der Waals surface area contributed by atoms with Gasteiger partial charge in [0.25, 0.3) is 5.91 Å². The monoisotopic (exact) mass is 335 g/mol. The Bertz CT molecular complexity index is 628. The maximum absolute atomic E-state index is 12.3. The third-order valence-corrected chi connectivity index (χ3v) is 3.55. The smallest absolute Gasteiger partial charge is 0.256 e. The summed E-state index contributed by atoms with van der Waals surface area (Å²) in [7, 11) is 1.55. The van der Waals surface area contributed by atoms with E-state index in [0.717, 1.165) is 0 Å². The van der Waals surface area contributed by atoms with Gasteiger partial charge < -0.3 is 15.2 Å². The van der Waals surface area contributed by atoms with E-state index in [-0.39, 0.29) is 12.5 Å². The maximum atomic E-state index is 12.3. The van der Waals surface area contributed by atoms with Crippen LogP contribution in [-0.2, 0) is 6.61 Å². The number of anilines is 1. The number of nitrogens with one attached hydrogen (secondary N) is 1. The molecule has 4 nitrogen and oxygen atoms in total. The molecule has 0 saturated heterocycles. The van der Waals surface area contributed by atoms with Crippen molar-refractivity contribution >= 4 is 27.5 Å². The number of benzene rings is 2. The minimum atomic E-state index is -0.267. The fourth-order valence-electron chi connectivity index (χ4n) is 1.78. The van der Waals surface area contributed by atoms with Crippen LogP contribution >= 0.6 is 15.9 Å². The van der Waals surface area contributed by atoms with Crippen molar-refractivity contribution in [2.45, 2.75) is 6.61 Å². The van der Waals surface area contributed by atoms with Crippen molar-refractivity contribution in [2.24, 2.45) is 0 Å². The van der Waals surface area contributed by atoms with Gasteiger partial charge in [-0.05, 0) is 40.2 Å². The minimum absolute atomic E-state index is 0.129. The normalized spacial score (nSPS) is 10.2. The number of hydrogen-bond acceptors (Lipinski definition) is 3. The molecule has 2 rings (SSSR count). The van der Waals surface area contributed by atoms with Gasteiger partial charge in [0.1, 0.15) is 5.75 Å². The third kappa shape index (κ3) is 3.18. The summed E-state index contributed by atoms with van der Waals surface area (Å²) in [6, 6.07) is 12.3. The summed E-state index contributed by atoms with van der Waals surface area (Å²) in [5, 5.41) is 12.0. The highest BCUT2D eigenvalue weighted by molar-refractivity contribution is 9.10. The molecular weight excluding hydrogens is 322 g/mol. The van der Waals surface area contributed by atoms with Gasteiger partial charge in [-0.3, -0.25) is 4.79 Å². The molecule has 0 aliphatic heterocycles. The van der Waals surface area contributed by atoms with Crippen LogP contribution in [0.1, 0.15) is 15.9 Å². The molecule has 0 aliphatic carbocycles. The fraction of sp³-hybridized carbons (Fsp3) is 0.133. The Morgan fingerprint density at radius 3 is 2.75 bits per heavy atom. The summed E-state index contributed by atoms with van der Waals surface area (Å²) >= 11 is 3.34. The summed E-state index contributed by atoms with van der Waals surface area (Å²) in [4.78, 5) is 12.3. The maximum Gasteiger partial charge on any atom is 0.256 e. The van der Waals surface area contributed by atoms with Crippen LogP contribution in [0.2, 0.25) is 0 Å². The first-order valence-corrected chi connectivity index (χ1v) is 6.78. The number of carbonyl (C=O) groups is 1. The number of amides is 1. The van der Waals surface area contributed by atoms with Crippen molar-refractivity contribution < 1.29 is 14.6 Å². The van der Waals surface area contributed by atoms with E-state index in [9.17, 15) is 9.90 Å². The molecule has 0 fully saturated rings. The molecule has 104 valence electrons. The molecule has 2 aromatic rings. The van der Waals surface area contributed by atoms with E-state index in [0.29, 0.717) is 27.0 Å². The predicted octanol–water partition coefficient (Wildman–Crippen LogP) is 3.20. The molecule has 2 aromatic carbocycles. The Kier molecular flexibility index (Phi) is 4.76. The summed E-state index contributed by atoms with van der Waals surface area (Å²) in [6.07, 6.45) is 0. The summed E-state index contributed by atoms with van der Waals surface area (Å²) in [5.74, 6) is 0.338. The second kappa shape index (κ2) is 6.54. The number of methoxy groups -OCH3 is 1. The van der Waals surface area contributed by atoms with Crippen LogP contribution in [0.25, 0.3) is 0 Å². The van der Waals surface area contributed by atoms with E-state index in [1.165, 1.54) is 0 Å². The van der Waals surface area contributed by atoms with Crippen molar-refractivity contribution in [3.63, 3.8) is 0 Å². The second-order valence-electron chi connectivity index (χ2n) is 4.12. The Morgan fingerprint density at radius 2 is 2.05 bits per heavy atom. The average Bonchev–Trinajstić information content (AvgIpc) is 2.48. The molecule has 0 aromatic heterocycles. The molecule has 0 spiro atoms. The molecule has 2 N–H and O–H groups in total. The molecule has 5 heteroatoms. The lowest BCUT2D eigenvalue weighted by Gasteiger charge is -2.11. The quantitative estimate of drug-likeness (QED) is 0.901. The molecule has 0 radical (unpaired) electrons. The van der Waals surface area contributed by atoms with Crippen LogP contribution in [0.5, 0.6) is 5.75 Å². The van der Waals surface area contributed by atoms with Gasteiger partial charge in [0.05, 0.1) is 19.3 Å². The van der Waals surface area contributed by atoms with Crippen molar-refractivity contribution in [1.29, 1.82) is 0 Å². The minimum Gasteiger partial charge on any atom is -0.497 e. The molecule has 0 heterocycles. The van der Waals surface area contributed by atoms with Crippen LogP contribution < -0.4 is 10.1 Å². The number of halogens is 1. The standard InChI is InChI=1S/C15H14BrNO3/c1-20-11-6-7-13(16)12(8-11)15(19)17-14-5-3-2-4-10(14)9-18/h2-8,18H,9H2,1H3,(H,17,19). The first kappa shape index (κ1) is 14.6. The third-order valence-electron chi connectivity index (χ3n) is 2.85. The summed E-state index contributed by atoms with van der Waals surface area (Å²) < 4.78 is 5.79. The van der Waals surface area contributed by atoms with Crippen LogP contribution in [-0.4, -0.2) is 18.1 Å². The van der Waals surface area contributed by atoms with Gasteiger partial charge >= 0.3 is 0 Å². The first-order chi connectivity index (χ1) is 9.65. The second-order valence-corrected chi connectivity index (χ2v) is 4.97. The number of hydrogen-bond donors (Lipinski definition) is 2. The van der Waals surface area contributed by atoms with Crippen LogP contribution in [0.3, 0.4) is 0 Å². The highest BCUT2D eigenvalue weighted by Crippen LogP contribution is 2.24. The number of carbonyl (C=O) groups excluding carboxylic acids is 1. The average molecular weight is 336 g/mol. The number of aliphatic hydroxyl groups is 1. The topological polar surface area (TPSA) is 58.6 Å². The lowest BCUT2D eigenvalue weighted by Crippen LogP contribution is -2.14. The van der Waals surface area contributed by atoms with Gasteiger partial charge in [0.2, 0.25) is 0 Å². The zero-order valence-corrected chi connectivity index (χ0v) is 12.5. The summed E-state index contributed by atoms with van der Waals surface area (Å²) in [5.41, 5.74) is 1.73. The fourth-order valence-corrected chi connectivity index (χ4v) is 2.20. The lowest BCUT2D eigenvalue weighted by atomic mass is 10.1. The van der Waals surface area contributed by atoms with Crippen molar-refractivity contribution in [1.82, 2.24) is 0 Å². The largest absolute Gasteiger partial charge is 0.497 e. The van der Waals surface area contributed by atoms with Gasteiger partial charge in [-0.15, -0.1) is 0 Å². The predicted molar refractivity (Wildman–Crippen MR) is 81.0 cm³/mol. The van der Waals surface area contributed by atoms with Gasteiger partial charge in [-0.1, -0.05) is 18.2 Å². The number of rotatable bonds is 4. The van der Waals surface area contributed by atoms with Crippen LogP contribution in [0.15, 0.2) is 46.9 Å². The van der Waals surface area contributed by atoms with E-state index >= 15 is 0 Å². The zero-order valence-electron chi connectivity index (χ0n) is 10.9. The van der Waals surface area contributed by atoms with E-state index < -0.39 is 0 Å². The molecule has 0 atom stereocenters. The molecular formula is C15H14BrNO3. The molecule has 20 heavy (non-hydrogen) atoms. The first-order valence-electron chi connectivity index (χ1n) is 5.99. The lowest BCUT2D eigenvalue weighted by molar-refractivity contribution is 0.102. The Labute approximate surface area is 125 Å². The van der Waals surface area contributed by atoms with Crippen molar-refractivity contribution in [3.8, 4) is 5.75 Å². The van der Waals surface area contributed by atoms with Gasteiger partial charge in [0, 0.05) is 15.7 Å². The van der Waals surface area contributed by atoms with Crippen LogP contribution in [0.4, 0.5) is 5.69 Å². The Morgan fingerprint density at radius 1 is 1.30 bits per heavy atom. The van der Waals surface area contributed by atoms with Crippen LogP contribution in [0, 0.1) is 0 Å². The molecule has 0 saturated carbocycles. The Balaban J connectivity index is 2.28. The number of ether oxygens (including phenoxy) is 1. The SMILES string of the molecule is COc1ccc(Br)c(C(=O)Nc2ccccc2CO)c1. The number of aliphatic hydroxyl groups excluding tert-OH is 1. The van der Waals surface area contributed by atoms with E-state index in [1.807, 2.05) is 6.07 Å².